The summed E-state index contributed by atoms with van der Waals surface area (Å²) in [7, 11) is 3.20. The molecule has 0 atom stereocenters. The average molecular weight is 512 g/mol. The monoisotopic (exact) mass is 512 g/mol. The van der Waals surface area contributed by atoms with Gasteiger partial charge in [-0.2, -0.15) is 13.9 Å². The first-order valence-corrected chi connectivity index (χ1v) is 11.5. The van der Waals surface area contributed by atoms with Gasteiger partial charge in [0, 0.05) is 42.6 Å². The standard InChI is InChI=1S/C25H23F3N6O3/c1-32-21-17-9-14(6-8-20(17)31-22(29)18(21)11-30-32)24(36)34(33(2)23(35)13-3-4-13)12-15-5-7-16(10-19(15)26)37-25(27)28/h5-11,13,25H,3-4,12H2,1-2H3,(H2,29,31). The van der Waals surface area contributed by atoms with Crippen molar-refractivity contribution in [2.24, 2.45) is 13.0 Å². The van der Waals surface area contributed by atoms with E-state index < -0.39 is 18.3 Å². The summed E-state index contributed by atoms with van der Waals surface area (Å²) < 4.78 is 45.7. The maximum atomic E-state index is 14.8. The van der Waals surface area contributed by atoms with Crippen LogP contribution in [0.25, 0.3) is 21.8 Å². The highest BCUT2D eigenvalue weighted by molar-refractivity contribution is 6.10. The molecule has 1 saturated carbocycles. The Morgan fingerprint density at radius 1 is 1.19 bits per heavy atom. The molecule has 0 spiro atoms. The van der Waals surface area contributed by atoms with Gasteiger partial charge in [0.25, 0.3) is 5.91 Å². The van der Waals surface area contributed by atoms with E-state index in [0.717, 1.165) is 11.1 Å². The van der Waals surface area contributed by atoms with E-state index in [4.69, 9.17) is 5.73 Å². The van der Waals surface area contributed by atoms with Gasteiger partial charge in [-0.3, -0.25) is 19.3 Å². The molecular weight excluding hydrogens is 489 g/mol. The Hall–Kier alpha value is -4.35. The summed E-state index contributed by atoms with van der Waals surface area (Å²) in [6.45, 7) is -3.41. The number of halogens is 3. The van der Waals surface area contributed by atoms with Gasteiger partial charge in [-0.15, -0.1) is 0 Å². The maximum absolute atomic E-state index is 14.8. The van der Waals surface area contributed by atoms with Crippen LogP contribution in [0, 0.1) is 11.7 Å². The number of fused-ring (bicyclic) bond motifs is 3. The molecule has 2 N–H and O–H groups in total. The van der Waals surface area contributed by atoms with Crippen LogP contribution < -0.4 is 10.5 Å². The molecule has 2 amide bonds. The molecule has 192 valence electrons. The number of benzene rings is 2. The van der Waals surface area contributed by atoms with Gasteiger partial charge in [0.05, 0.1) is 29.2 Å². The molecule has 0 saturated heterocycles. The van der Waals surface area contributed by atoms with Gasteiger partial charge in [-0.05, 0) is 37.1 Å². The highest BCUT2D eigenvalue weighted by atomic mass is 19.3. The fraction of sp³-hybridized carbons (Fsp3) is 0.280. The molecule has 1 aliphatic rings. The summed E-state index contributed by atoms with van der Waals surface area (Å²) in [6.07, 6.45) is 3.01. The lowest BCUT2D eigenvalue weighted by atomic mass is 10.1. The number of amides is 2. The van der Waals surface area contributed by atoms with Gasteiger partial charge in [0.2, 0.25) is 5.91 Å². The van der Waals surface area contributed by atoms with Gasteiger partial charge < -0.3 is 10.5 Å². The molecule has 0 unspecified atom stereocenters. The third-order valence-corrected chi connectivity index (χ3v) is 6.37. The number of pyridine rings is 1. The van der Waals surface area contributed by atoms with E-state index in [1.165, 1.54) is 24.2 Å². The summed E-state index contributed by atoms with van der Waals surface area (Å²) in [5, 5.41) is 7.82. The number of alkyl halides is 2. The molecule has 2 aromatic carbocycles. The molecule has 0 aliphatic heterocycles. The summed E-state index contributed by atoms with van der Waals surface area (Å²) in [5.41, 5.74) is 7.55. The fourth-order valence-electron chi connectivity index (χ4n) is 4.26. The molecule has 2 heterocycles. The van der Waals surface area contributed by atoms with Crippen LogP contribution in [0.15, 0.2) is 42.6 Å². The SMILES string of the molecule is CN(C(=O)C1CC1)N(Cc1ccc(OC(F)F)cc1F)C(=O)c1ccc2nc(N)c3cnn(C)c3c2c1. The van der Waals surface area contributed by atoms with Crippen molar-refractivity contribution in [3.63, 3.8) is 0 Å². The van der Waals surface area contributed by atoms with Crippen LogP contribution >= 0.6 is 0 Å². The van der Waals surface area contributed by atoms with Crippen molar-refractivity contribution in [2.75, 3.05) is 12.8 Å². The first-order chi connectivity index (χ1) is 17.6. The molecule has 5 rings (SSSR count). The largest absolute Gasteiger partial charge is 0.435 e. The maximum Gasteiger partial charge on any atom is 0.387 e. The van der Waals surface area contributed by atoms with Gasteiger partial charge in [-0.1, -0.05) is 6.07 Å². The number of rotatable bonds is 6. The van der Waals surface area contributed by atoms with E-state index in [1.807, 2.05) is 0 Å². The summed E-state index contributed by atoms with van der Waals surface area (Å²) in [6, 6.07) is 8.07. The third-order valence-electron chi connectivity index (χ3n) is 6.37. The number of hydrazine groups is 1. The molecule has 0 bridgehead atoms. The van der Waals surface area contributed by atoms with Crippen molar-refractivity contribution < 1.29 is 27.5 Å². The normalized spacial score (nSPS) is 13.4. The molecule has 1 aliphatic carbocycles. The Balaban J connectivity index is 1.54. The summed E-state index contributed by atoms with van der Waals surface area (Å²) in [4.78, 5) is 31.0. The number of nitrogens with zero attached hydrogens (tertiary/aromatic N) is 5. The number of anilines is 1. The zero-order valence-corrected chi connectivity index (χ0v) is 20.0. The van der Waals surface area contributed by atoms with Gasteiger partial charge >= 0.3 is 6.61 Å². The number of aromatic nitrogens is 3. The van der Waals surface area contributed by atoms with E-state index >= 15 is 0 Å². The van der Waals surface area contributed by atoms with Gasteiger partial charge in [0.15, 0.2) is 0 Å². The first kappa shape index (κ1) is 24.3. The van der Waals surface area contributed by atoms with Crippen molar-refractivity contribution in [3.8, 4) is 5.75 Å². The Labute approximate surface area is 209 Å². The summed E-state index contributed by atoms with van der Waals surface area (Å²) in [5.74, 6) is -1.92. The average Bonchev–Trinajstić information content (AvgIpc) is 3.63. The van der Waals surface area contributed by atoms with E-state index in [1.54, 1.807) is 36.1 Å². The van der Waals surface area contributed by atoms with Crippen molar-refractivity contribution in [3.05, 3.63) is 59.5 Å². The number of nitrogen functional groups attached to an aromatic ring is 1. The van der Waals surface area contributed by atoms with Crippen molar-refractivity contribution >= 4 is 39.4 Å². The fourth-order valence-corrected chi connectivity index (χ4v) is 4.26. The minimum absolute atomic E-state index is 0.0228. The van der Waals surface area contributed by atoms with Crippen LogP contribution in [0.1, 0.15) is 28.8 Å². The highest BCUT2D eigenvalue weighted by Crippen LogP contribution is 2.32. The number of nitrogens with two attached hydrogens (primary N) is 1. The zero-order chi connectivity index (χ0) is 26.4. The van der Waals surface area contributed by atoms with Crippen LogP contribution in [-0.2, 0) is 18.4 Å². The second-order valence-corrected chi connectivity index (χ2v) is 8.89. The van der Waals surface area contributed by atoms with Crippen LogP contribution in [0.3, 0.4) is 0 Å². The molecule has 4 aromatic rings. The molecule has 37 heavy (non-hydrogen) atoms. The Bertz CT molecular complexity index is 1540. The minimum Gasteiger partial charge on any atom is -0.435 e. The number of carbonyl (C=O) groups excluding carboxylic acids is 2. The van der Waals surface area contributed by atoms with Gasteiger partial charge in [0.1, 0.15) is 17.4 Å². The van der Waals surface area contributed by atoms with Crippen LogP contribution in [-0.4, -0.2) is 50.3 Å². The quantitative estimate of drug-likeness (QED) is 0.393. The predicted molar refractivity (Wildman–Crippen MR) is 129 cm³/mol. The Kier molecular flexibility index (Phi) is 6.10. The Morgan fingerprint density at radius 3 is 2.62 bits per heavy atom. The number of carbonyl (C=O) groups is 2. The Morgan fingerprint density at radius 2 is 1.95 bits per heavy atom. The summed E-state index contributed by atoms with van der Waals surface area (Å²) >= 11 is 0. The van der Waals surface area contributed by atoms with E-state index in [9.17, 15) is 22.8 Å². The molecule has 12 heteroatoms. The minimum atomic E-state index is -3.10. The van der Waals surface area contributed by atoms with Crippen molar-refractivity contribution in [1.29, 1.82) is 0 Å². The van der Waals surface area contributed by atoms with Crippen molar-refractivity contribution in [1.82, 2.24) is 24.8 Å². The zero-order valence-electron chi connectivity index (χ0n) is 20.0. The third kappa shape index (κ3) is 4.61. The number of aryl methyl sites for hydroxylation is 1. The molecular formula is C25H23F3N6O3. The lowest BCUT2D eigenvalue weighted by Crippen LogP contribution is -2.47. The second-order valence-electron chi connectivity index (χ2n) is 8.89. The van der Waals surface area contributed by atoms with Crippen LogP contribution in [0.2, 0.25) is 0 Å². The topological polar surface area (TPSA) is 107 Å². The predicted octanol–water partition coefficient (Wildman–Crippen LogP) is 3.87. The van der Waals surface area contributed by atoms with Crippen molar-refractivity contribution in [2.45, 2.75) is 26.0 Å². The highest BCUT2D eigenvalue weighted by Gasteiger charge is 2.36. The van der Waals surface area contributed by atoms with E-state index in [0.29, 0.717) is 40.5 Å². The van der Waals surface area contributed by atoms with Crippen LogP contribution in [0.5, 0.6) is 5.75 Å². The molecule has 1 fully saturated rings. The number of hydrogen-bond acceptors (Lipinski definition) is 6. The van der Waals surface area contributed by atoms with Crippen LogP contribution in [0.4, 0.5) is 19.0 Å². The first-order valence-electron chi connectivity index (χ1n) is 11.5. The van der Waals surface area contributed by atoms with E-state index in [2.05, 4.69) is 14.8 Å². The number of hydrogen-bond donors (Lipinski definition) is 1. The smallest absolute Gasteiger partial charge is 0.387 e. The molecule has 0 radical (unpaired) electrons. The lowest BCUT2D eigenvalue weighted by molar-refractivity contribution is -0.144. The second kappa shape index (κ2) is 9.26. The van der Waals surface area contributed by atoms with E-state index in [-0.39, 0.29) is 35.2 Å². The molecule has 2 aromatic heterocycles. The number of ether oxygens (including phenoxy) is 1. The molecule has 9 nitrogen and oxygen atoms in total. The van der Waals surface area contributed by atoms with Gasteiger partial charge in [-0.25, -0.2) is 14.4 Å². The lowest BCUT2D eigenvalue weighted by Gasteiger charge is -2.32.